The molecule has 0 bridgehead atoms. The Morgan fingerprint density at radius 2 is 2.14 bits per heavy atom. The second-order valence-corrected chi connectivity index (χ2v) is 5.35. The van der Waals surface area contributed by atoms with E-state index in [0.717, 1.165) is 40.9 Å². The highest BCUT2D eigenvalue weighted by molar-refractivity contribution is 5.92. The van der Waals surface area contributed by atoms with Gasteiger partial charge in [0, 0.05) is 13.1 Å². The van der Waals surface area contributed by atoms with Gasteiger partial charge in [-0.2, -0.15) is 0 Å². The van der Waals surface area contributed by atoms with Crippen LogP contribution in [-0.4, -0.2) is 23.4 Å². The first kappa shape index (κ1) is 14.4. The van der Waals surface area contributed by atoms with Crippen LogP contribution < -0.4 is 4.90 Å². The molecule has 2 aromatic rings. The fourth-order valence-corrected chi connectivity index (χ4v) is 2.64. The van der Waals surface area contributed by atoms with Gasteiger partial charge in [0.25, 0.3) is 0 Å². The highest BCUT2D eigenvalue weighted by atomic mass is 16.6. The molecular formula is C18H19N3O. The van der Waals surface area contributed by atoms with Crippen LogP contribution >= 0.6 is 0 Å². The van der Waals surface area contributed by atoms with Crippen molar-refractivity contribution < 1.29 is 4.63 Å². The normalized spacial score (nSPS) is 14.5. The van der Waals surface area contributed by atoms with Crippen molar-refractivity contribution in [3.63, 3.8) is 0 Å². The Bertz CT molecular complexity index is 773. The summed E-state index contributed by atoms with van der Waals surface area (Å²) in [7, 11) is 0. The van der Waals surface area contributed by atoms with Gasteiger partial charge in [-0.05, 0) is 65.5 Å². The van der Waals surface area contributed by atoms with Gasteiger partial charge in [-0.3, -0.25) is 0 Å². The van der Waals surface area contributed by atoms with Crippen molar-refractivity contribution in [2.75, 3.05) is 18.0 Å². The van der Waals surface area contributed by atoms with Crippen molar-refractivity contribution >= 4 is 22.3 Å². The number of allylic oxidation sites excluding steroid dienone is 4. The first-order chi connectivity index (χ1) is 10.8. The van der Waals surface area contributed by atoms with E-state index < -0.39 is 0 Å². The van der Waals surface area contributed by atoms with Crippen LogP contribution in [0.15, 0.2) is 53.4 Å². The summed E-state index contributed by atoms with van der Waals surface area (Å²) in [6.45, 7) is 8.20. The molecule has 0 aliphatic carbocycles. The van der Waals surface area contributed by atoms with Crippen molar-refractivity contribution in [2.45, 2.75) is 19.8 Å². The van der Waals surface area contributed by atoms with Crippen LogP contribution in [0.2, 0.25) is 0 Å². The van der Waals surface area contributed by atoms with E-state index in [1.54, 1.807) is 0 Å². The zero-order valence-corrected chi connectivity index (χ0v) is 12.7. The highest BCUT2D eigenvalue weighted by Crippen LogP contribution is 2.31. The molecule has 1 aromatic heterocycles. The Hall–Kier alpha value is -2.58. The summed E-state index contributed by atoms with van der Waals surface area (Å²) in [5, 5.41) is 8.05. The minimum Gasteiger partial charge on any atom is -0.370 e. The van der Waals surface area contributed by atoms with E-state index in [0.29, 0.717) is 0 Å². The van der Waals surface area contributed by atoms with E-state index in [1.165, 1.54) is 12.8 Å². The van der Waals surface area contributed by atoms with Gasteiger partial charge in [0.05, 0.1) is 5.69 Å². The maximum absolute atomic E-state index is 4.92. The van der Waals surface area contributed by atoms with Gasteiger partial charge in [-0.15, -0.1) is 5.73 Å². The third kappa shape index (κ3) is 2.87. The number of fused-ring (bicyclic) bond motifs is 1. The number of hydrogen-bond donors (Lipinski definition) is 0. The average molecular weight is 293 g/mol. The molecule has 1 saturated heterocycles. The predicted octanol–water partition coefficient (Wildman–Crippen LogP) is 4.12. The van der Waals surface area contributed by atoms with Gasteiger partial charge >= 0.3 is 0 Å². The average Bonchev–Trinajstić information content (AvgIpc) is 3.20. The van der Waals surface area contributed by atoms with E-state index in [4.69, 9.17) is 4.63 Å². The predicted molar refractivity (Wildman–Crippen MR) is 89.8 cm³/mol. The largest absolute Gasteiger partial charge is 0.370 e. The molecular weight excluding hydrogens is 274 g/mol. The van der Waals surface area contributed by atoms with E-state index in [1.807, 2.05) is 37.3 Å². The van der Waals surface area contributed by atoms with Gasteiger partial charge in [-0.25, -0.2) is 4.63 Å². The Morgan fingerprint density at radius 1 is 1.32 bits per heavy atom. The zero-order valence-electron chi connectivity index (χ0n) is 12.7. The summed E-state index contributed by atoms with van der Waals surface area (Å²) >= 11 is 0. The maximum Gasteiger partial charge on any atom is 0.158 e. The molecule has 4 nitrogen and oxygen atoms in total. The lowest BCUT2D eigenvalue weighted by molar-refractivity contribution is 0.315. The highest BCUT2D eigenvalue weighted by Gasteiger charge is 2.18. The third-order valence-corrected chi connectivity index (χ3v) is 3.80. The monoisotopic (exact) mass is 293 g/mol. The van der Waals surface area contributed by atoms with Crippen LogP contribution in [-0.2, 0) is 0 Å². The molecule has 0 N–H and O–H groups in total. The molecule has 4 heteroatoms. The van der Waals surface area contributed by atoms with Gasteiger partial charge in [-0.1, -0.05) is 18.7 Å². The molecule has 3 rings (SSSR count). The number of hydrogen-bond acceptors (Lipinski definition) is 4. The van der Waals surface area contributed by atoms with E-state index in [2.05, 4.69) is 33.6 Å². The van der Waals surface area contributed by atoms with Crippen molar-refractivity contribution in [3.05, 3.63) is 54.3 Å². The fraction of sp³-hybridized carbons (Fsp3) is 0.278. The lowest BCUT2D eigenvalue weighted by Gasteiger charge is -2.18. The van der Waals surface area contributed by atoms with Crippen LogP contribution in [0.1, 0.15) is 25.3 Å². The number of benzene rings is 1. The van der Waals surface area contributed by atoms with E-state index >= 15 is 0 Å². The van der Waals surface area contributed by atoms with Crippen LogP contribution in [0.5, 0.6) is 0 Å². The van der Waals surface area contributed by atoms with Crippen molar-refractivity contribution in [1.29, 1.82) is 0 Å². The Kier molecular flexibility index (Phi) is 4.22. The molecule has 1 aliphatic heterocycles. The molecule has 0 atom stereocenters. The summed E-state index contributed by atoms with van der Waals surface area (Å²) in [5.74, 6) is 0. The molecule has 1 aliphatic rings. The molecule has 0 spiro atoms. The summed E-state index contributed by atoms with van der Waals surface area (Å²) in [6, 6.07) is 4.08. The molecule has 0 radical (unpaired) electrons. The van der Waals surface area contributed by atoms with Gasteiger partial charge < -0.3 is 4.90 Å². The number of nitrogens with zero attached hydrogens (tertiary/aromatic N) is 3. The van der Waals surface area contributed by atoms with Crippen LogP contribution in [0.3, 0.4) is 0 Å². The lowest BCUT2D eigenvalue weighted by atomic mass is 10.0. The molecule has 0 unspecified atom stereocenters. The van der Waals surface area contributed by atoms with Crippen LogP contribution in [0.4, 0.5) is 5.69 Å². The smallest absolute Gasteiger partial charge is 0.158 e. The molecule has 0 amide bonds. The minimum atomic E-state index is 0.770. The lowest BCUT2D eigenvalue weighted by Crippen LogP contribution is -2.18. The topological polar surface area (TPSA) is 42.2 Å². The summed E-state index contributed by atoms with van der Waals surface area (Å²) in [6.07, 6.45) is 10.1. The standard InChI is InChI=1S/C18H19N3O/c1-3-4-5-6-9-14(2)15-12-16-18(20-22-19-16)17(13-15)21-10-7-8-11-21/h3-5,9,12-13H,2,7-8,10-11H2,1H3. The van der Waals surface area contributed by atoms with Crippen LogP contribution in [0.25, 0.3) is 16.6 Å². The first-order valence-electron chi connectivity index (χ1n) is 7.54. The number of anilines is 1. The van der Waals surface area contributed by atoms with Crippen LogP contribution in [0, 0.1) is 0 Å². The summed E-state index contributed by atoms with van der Waals surface area (Å²) < 4.78 is 4.92. The van der Waals surface area contributed by atoms with E-state index in [9.17, 15) is 0 Å². The molecule has 0 saturated carbocycles. The molecule has 1 fully saturated rings. The molecule has 22 heavy (non-hydrogen) atoms. The van der Waals surface area contributed by atoms with Gasteiger partial charge in [0.2, 0.25) is 0 Å². The summed E-state index contributed by atoms with van der Waals surface area (Å²) in [4.78, 5) is 2.34. The quantitative estimate of drug-likeness (QED) is 0.628. The van der Waals surface area contributed by atoms with Crippen molar-refractivity contribution in [2.24, 2.45) is 0 Å². The SMILES string of the molecule is C=C(C=C=CC=CC)c1cc(N2CCCC2)c2nonc2c1. The van der Waals surface area contributed by atoms with Crippen molar-refractivity contribution in [1.82, 2.24) is 10.3 Å². The zero-order chi connectivity index (χ0) is 15.4. The summed E-state index contributed by atoms with van der Waals surface area (Å²) in [5.41, 5.74) is 7.70. The fourth-order valence-electron chi connectivity index (χ4n) is 2.64. The Labute approximate surface area is 130 Å². The van der Waals surface area contributed by atoms with E-state index in [-0.39, 0.29) is 0 Å². The third-order valence-electron chi connectivity index (χ3n) is 3.80. The maximum atomic E-state index is 4.92. The number of rotatable bonds is 4. The molecule has 112 valence electrons. The second kappa shape index (κ2) is 6.46. The Morgan fingerprint density at radius 3 is 2.91 bits per heavy atom. The van der Waals surface area contributed by atoms with Gasteiger partial charge in [0.1, 0.15) is 5.52 Å². The first-order valence-corrected chi connectivity index (χ1v) is 7.54. The molecule has 1 aromatic carbocycles. The Balaban J connectivity index is 1.99. The minimum absolute atomic E-state index is 0.770. The van der Waals surface area contributed by atoms with Gasteiger partial charge in [0.15, 0.2) is 5.52 Å². The van der Waals surface area contributed by atoms with Crippen molar-refractivity contribution in [3.8, 4) is 0 Å². The number of aromatic nitrogens is 2. The second-order valence-electron chi connectivity index (χ2n) is 5.35. The molecule has 2 heterocycles.